The number of amides is 3. The average molecular weight is 452 g/mol. The van der Waals surface area contributed by atoms with Gasteiger partial charge in [0.1, 0.15) is 5.70 Å². The summed E-state index contributed by atoms with van der Waals surface area (Å²) in [6.45, 7) is 2.32. The van der Waals surface area contributed by atoms with Crippen molar-refractivity contribution in [3.05, 3.63) is 57.2 Å². The Labute approximate surface area is 169 Å². The summed E-state index contributed by atoms with van der Waals surface area (Å²) in [4.78, 5) is 26.0. The van der Waals surface area contributed by atoms with Gasteiger partial charge in [0.2, 0.25) is 0 Å². The van der Waals surface area contributed by atoms with Gasteiger partial charge in [0.25, 0.3) is 5.91 Å². The lowest BCUT2D eigenvalue weighted by molar-refractivity contribution is -0.113. The van der Waals surface area contributed by atoms with Gasteiger partial charge in [-0.3, -0.25) is 4.79 Å². The summed E-state index contributed by atoms with van der Waals surface area (Å²) >= 11 is 9.39. The number of hydrogen-bond donors (Lipinski definition) is 1. The van der Waals surface area contributed by atoms with Crippen molar-refractivity contribution >= 4 is 51.2 Å². The van der Waals surface area contributed by atoms with Crippen LogP contribution < -0.4 is 19.7 Å². The Morgan fingerprint density at radius 2 is 2.04 bits per heavy atom. The van der Waals surface area contributed by atoms with Crippen LogP contribution in [0.1, 0.15) is 12.5 Å². The molecule has 8 heteroatoms. The Morgan fingerprint density at radius 3 is 2.70 bits per heavy atom. The van der Waals surface area contributed by atoms with Crippen LogP contribution in [0.25, 0.3) is 6.08 Å². The Hall–Kier alpha value is -2.51. The molecule has 27 heavy (non-hydrogen) atoms. The van der Waals surface area contributed by atoms with Crippen LogP contribution in [0.2, 0.25) is 5.02 Å². The van der Waals surface area contributed by atoms with Crippen molar-refractivity contribution in [2.24, 2.45) is 0 Å². The second-order valence-electron chi connectivity index (χ2n) is 5.58. The third kappa shape index (κ3) is 3.94. The van der Waals surface area contributed by atoms with E-state index < -0.39 is 11.9 Å². The largest absolute Gasteiger partial charge is 0.492 e. The van der Waals surface area contributed by atoms with E-state index in [9.17, 15) is 9.59 Å². The van der Waals surface area contributed by atoms with E-state index in [0.29, 0.717) is 38.9 Å². The van der Waals surface area contributed by atoms with Gasteiger partial charge < -0.3 is 14.8 Å². The number of nitrogens with one attached hydrogen (secondary N) is 1. The molecule has 1 aliphatic heterocycles. The van der Waals surface area contributed by atoms with Crippen molar-refractivity contribution in [1.82, 2.24) is 5.32 Å². The van der Waals surface area contributed by atoms with Crippen LogP contribution in [0.15, 0.2) is 46.6 Å². The van der Waals surface area contributed by atoms with E-state index in [1.807, 2.05) is 6.92 Å². The lowest BCUT2D eigenvalue weighted by Gasteiger charge is -2.12. The highest BCUT2D eigenvalue weighted by molar-refractivity contribution is 9.10. The monoisotopic (exact) mass is 450 g/mol. The molecular formula is C19H16BrClN2O4. The molecule has 1 aliphatic rings. The van der Waals surface area contributed by atoms with Crippen LogP contribution in [0.5, 0.6) is 11.5 Å². The molecule has 140 valence electrons. The number of nitrogens with zero attached hydrogens (tertiary/aromatic N) is 1. The summed E-state index contributed by atoms with van der Waals surface area (Å²) in [7, 11) is 1.55. The number of urea groups is 1. The maximum atomic E-state index is 12.7. The van der Waals surface area contributed by atoms with E-state index in [-0.39, 0.29) is 5.70 Å². The zero-order valence-corrected chi connectivity index (χ0v) is 16.9. The Balaban J connectivity index is 1.96. The molecule has 0 aliphatic carbocycles. The number of halogens is 2. The summed E-state index contributed by atoms with van der Waals surface area (Å²) in [6.07, 6.45) is 1.58. The van der Waals surface area contributed by atoms with Crippen molar-refractivity contribution in [3.63, 3.8) is 0 Å². The van der Waals surface area contributed by atoms with Gasteiger partial charge in [0.15, 0.2) is 11.5 Å². The maximum Gasteiger partial charge on any atom is 0.333 e. The molecule has 0 aromatic heterocycles. The molecule has 0 saturated carbocycles. The van der Waals surface area contributed by atoms with E-state index in [4.69, 9.17) is 21.1 Å². The van der Waals surface area contributed by atoms with Crippen molar-refractivity contribution in [2.45, 2.75) is 6.92 Å². The number of anilines is 1. The fourth-order valence-electron chi connectivity index (χ4n) is 2.68. The first-order valence-corrected chi connectivity index (χ1v) is 9.24. The number of benzene rings is 2. The molecule has 0 spiro atoms. The molecule has 1 heterocycles. The first-order chi connectivity index (χ1) is 12.9. The Bertz CT molecular complexity index is 945. The van der Waals surface area contributed by atoms with Crippen molar-refractivity contribution in [2.75, 3.05) is 18.6 Å². The summed E-state index contributed by atoms with van der Waals surface area (Å²) in [5, 5.41) is 3.02. The van der Waals surface area contributed by atoms with Gasteiger partial charge >= 0.3 is 6.03 Å². The second kappa shape index (κ2) is 8.02. The van der Waals surface area contributed by atoms with E-state index in [0.717, 1.165) is 4.90 Å². The zero-order chi connectivity index (χ0) is 19.6. The van der Waals surface area contributed by atoms with Crippen LogP contribution in [-0.4, -0.2) is 25.7 Å². The highest BCUT2D eigenvalue weighted by Gasteiger charge is 2.35. The molecule has 2 aromatic rings. The minimum Gasteiger partial charge on any atom is -0.492 e. The van der Waals surface area contributed by atoms with Crippen LogP contribution >= 0.6 is 27.5 Å². The lowest BCUT2D eigenvalue weighted by atomic mass is 10.1. The smallest absolute Gasteiger partial charge is 0.333 e. The molecule has 0 atom stereocenters. The minimum atomic E-state index is -0.536. The first-order valence-electron chi connectivity index (χ1n) is 8.07. The van der Waals surface area contributed by atoms with Crippen molar-refractivity contribution in [1.29, 1.82) is 0 Å². The van der Waals surface area contributed by atoms with Gasteiger partial charge in [-0.1, -0.05) is 17.7 Å². The third-order valence-electron chi connectivity index (χ3n) is 3.79. The van der Waals surface area contributed by atoms with Gasteiger partial charge in [0.05, 0.1) is 23.9 Å². The molecule has 1 fully saturated rings. The van der Waals surface area contributed by atoms with Gasteiger partial charge in [-0.15, -0.1) is 0 Å². The number of rotatable bonds is 5. The van der Waals surface area contributed by atoms with Crippen LogP contribution in [0.3, 0.4) is 0 Å². The average Bonchev–Trinajstić information content (AvgIpc) is 2.88. The lowest BCUT2D eigenvalue weighted by Crippen LogP contribution is -2.30. The van der Waals surface area contributed by atoms with Crippen LogP contribution in [0, 0.1) is 0 Å². The molecule has 0 unspecified atom stereocenters. The predicted molar refractivity (Wildman–Crippen MR) is 107 cm³/mol. The third-order valence-corrected chi connectivity index (χ3v) is 4.62. The summed E-state index contributed by atoms with van der Waals surface area (Å²) in [6, 6.07) is 9.52. The minimum absolute atomic E-state index is 0.152. The molecule has 2 aromatic carbocycles. The van der Waals surface area contributed by atoms with E-state index in [2.05, 4.69) is 21.2 Å². The molecule has 6 nitrogen and oxygen atoms in total. The van der Waals surface area contributed by atoms with Gasteiger partial charge in [-0.25, -0.2) is 9.69 Å². The number of imide groups is 1. The number of hydrogen-bond acceptors (Lipinski definition) is 4. The molecular weight excluding hydrogens is 436 g/mol. The number of ether oxygens (including phenoxy) is 2. The molecule has 0 bridgehead atoms. The standard InChI is InChI=1S/C19H16BrClN2O4/c1-3-27-16-9-11(7-14(20)17(16)26-2)8-15-18(24)23(19(25)22-15)13-6-4-5-12(21)10-13/h4-10H,3H2,1-2H3,(H,22,25)/b15-8+. The predicted octanol–water partition coefficient (Wildman–Crippen LogP) is 4.61. The fourth-order valence-corrected chi connectivity index (χ4v) is 3.49. The summed E-state index contributed by atoms with van der Waals surface area (Å²) in [5.74, 6) is 0.623. The number of carbonyl (C=O) groups is 2. The Morgan fingerprint density at radius 1 is 1.26 bits per heavy atom. The normalized spacial score (nSPS) is 15.3. The number of methoxy groups -OCH3 is 1. The van der Waals surface area contributed by atoms with Gasteiger partial charge in [-0.2, -0.15) is 0 Å². The molecule has 0 radical (unpaired) electrons. The van der Waals surface area contributed by atoms with E-state index in [1.165, 1.54) is 0 Å². The molecule has 1 saturated heterocycles. The maximum absolute atomic E-state index is 12.7. The zero-order valence-electron chi connectivity index (χ0n) is 14.6. The van der Waals surface area contributed by atoms with Gasteiger partial charge in [0, 0.05) is 5.02 Å². The fraction of sp³-hybridized carbons (Fsp3) is 0.158. The summed E-state index contributed by atoms with van der Waals surface area (Å²) < 4.78 is 11.6. The molecule has 1 N–H and O–H groups in total. The van der Waals surface area contributed by atoms with Crippen molar-refractivity contribution < 1.29 is 19.1 Å². The number of carbonyl (C=O) groups excluding carboxylic acids is 2. The highest BCUT2D eigenvalue weighted by atomic mass is 79.9. The van der Waals surface area contributed by atoms with Crippen LogP contribution in [0.4, 0.5) is 10.5 Å². The first kappa shape index (κ1) is 19.3. The quantitative estimate of drug-likeness (QED) is 0.532. The van der Waals surface area contributed by atoms with Crippen molar-refractivity contribution in [3.8, 4) is 11.5 Å². The topological polar surface area (TPSA) is 67.9 Å². The molecule has 3 amide bonds. The highest BCUT2D eigenvalue weighted by Crippen LogP contribution is 2.37. The SMILES string of the molecule is CCOc1cc(/C=C2/NC(=O)N(c3cccc(Cl)c3)C2=O)cc(Br)c1OC. The van der Waals surface area contributed by atoms with Gasteiger partial charge in [-0.05, 0) is 64.8 Å². The molecule has 3 rings (SSSR count). The Kier molecular flexibility index (Phi) is 5.72. The van der Waals surface area contributed by atoms with E-state index in [1.54, 1.807) is 49.6 Å². The van der Waals surface area contributed by atoms with Crippen LogP contribution in [-0.2, 0) is 4.79 Å². The van der Waals surface area contributed by atoms with E-state index >= 15 is 0 Å². The summed E-state index contributed by atoms with van der Waals surface area (Å²) in [5.41, 5.74) is 1.22. The second-order valence-corrected chi connectivity index (χ2v) is 6.87.